The van der Waals surface area contributed by atoms with Gasteiger partial charge in [-0.05, 0) is 49.6 Å². The maximum absolute atomic E-state index is 5.39. The zero-order chi connectivity index (χ0) is 21.3. The molecule has 6 nitrogen and oxygen atoms in total. The van der Waals surface area contributed by atoms with Crippen LogP contribution in [0.25, 0.3) is 0 Å². The fraction of sp³-hybridized carbons (Fsp3) is 0.458. The first kappa shape index (κ1) is 25.3. The Hall–Kier alpha value is -2.00. The Morgan fingerprint density at radius 1 is 1.06 bits per heavy atom. The lowest BCUT2D eigenvalue weighted by Gasteiger charge is -2.33. The van der Waals surface area contributed by atoms with Crippen LogP contribution in [0, 0.1) is 0 Å². The van der Waals surface area contributed by atoms with Crippen molar-refractivity contribution in [1.29, 1.82) is 0 Å². The third-order valence-corrected chi connectivity index (χ3v) is 5.75. The number of methoxy groups -OCH3 is 2. The van der Waals surface area contributed by atoms with Crippen LogP contribution in [0.15, 0.2) is 47.5 Å². The lowest BCUT2D eigenvalue weighted by Crippen LogP contribution is -2.37. The van der Waals surface area contributed by atoms with E-state index in [0.717, 1.165) is 12.2 Å². The van der Waals surface area contributed by atoms with E-state index in [1.165, 1.54) is 36.9 Å². The number of hydrogen-bond donors (Lipinski definition) is 2. The molecule has 0 saturated carbocycles. The standard InChI is InChI=1S/C24H34N4O2.HI/c1-18-9-7-8-14-28(18)17-20-11-6-5-10-19(20)16-26-24(25-2)27-21-12-13-22(29-3)23(15-21)30-4;/h5-6,10-13,15,18H,7-9,14,16-17H2,1-4H3,(H2,25,26,27);1H. The molecule has 2 aromatic carbocycles. The van der Waals surface area contributed by atoms with E-state index >= 15 is 0 Å². The Balaban J connectivity index is 0.00000341. The van der Waals surface area contributed by atoms with Gasteiger partial charge in [-0.2, -0.15) is 0 Å². The molecule has 1 fully saturated rings. The van der Waals surface area contributed by atoms with Gasteiger partial charge in [-0.3, -0.25) is 9.89 Å². The summed E-state index contributed by atoms with van der Waals surface area (Å²) < 4.78 is 10.7. The summed E-state index contributed by atoms with van der Waals surface area (Å²) in [6, 6.07) is 15.0. The van der Waals surface area contributed by atoms with E-state index in [4.69, 9.17) is 9.47 Å². The maximum Gasteiger partial charge on any atom is 0.195 e. The van der Waals surface area contributed by atoms with Crippen molar-refractivity contribution in [1.82, 2.24) is 10.2 Å². The highest BCUT2D eigenvalue weighted by Crippen LogP contribution is 2.29. The number of piperidine rings is 1. The predicted molar refractivity (Wildman–Crippen MR) is 139 cm³/mol. The predicted octanol–water partition coefficient (Wildman–Crippen LogP) is 4.88. The number of guanidine groups is 1. The summed E-state index contributed by atoms with van der Waals surface area (Å²) in [5.74, 6) is 2.09. The van der Waals surface area contributed by atoms with Crippen LogP contribution in [-0.4, -0.2) is 44.7 Å². The van der Waals surface area contributed by atoms with Crippen molar-refractivity contribution in [2.24, 2.45) is 4.99 Å². The molecule has 2 aromatic rings. The van der Waals surface area contributed by atoms with Crippen molar-refractivity contribution in [3.63, 3.8) is 0 Å². The van der Waals surface area contributed by atoms with E-state index in [0.29, 0.717) is 30.0 Å². The average molecular weight is 538 g/mol. The summed E-state index contributed by atoms with van der Waals surface area (Å²) >= 11 is 0. The van der Waals surface area contributed by atoms with Crippen LogP contribution in [-0.2, 0) is 13.1 Å². The maximum atomic E-state index is 5.39. The molecule has 0 spiro atoms. The van der Waals surface area contributed by atoms with Crippen LogP contribution in [0.4, 0.5) is 5.69 Å². The normalized spacial score (nSPS) is 16.9. The molecule has 31 heavy (non-hydrogen) atoms. The van der Waals surface area contributed by atoms with Crippen LogP contribution < -0.4 is 20.1 Å². The minimum absolute atomic E-state index is 0. The minimum Gasteiger partial charge on any atom is -0.493 e. The van der Waals surface area contributed by atoms with Crippen molar-refractivity contribution in [2.45, 2.75) is 45.3 Å². The Morgan fingerprint density at radius 3 is 2.48 bits per heavy atom. The monoisotopic (exact) mass is 538 g/mol. The van der Waals surface area contributed by atoms with Crippen LogP contribution >= 0.6 is 24.0 Å². The van der Waals surface area contributed by atoms with Gasteiger partial charge in [0, 0.05) is 37.9 Å². The van der Waals surface area contributed by atoms with Crippen LogP contribution in [0.2, 0.25) is 0 Å². The fourth-order valence-electron chi connectivity index (χ4n) is 3.90. The molecule has 7 heteroatoms. The molecule has 0 radical (unpaired) electrons. The summed E-state index contributed by atoms with van der Waals surface area (Å²) in [4.78, 5) is 6.96. The highest BCUT2D eigenvalue weighted by molar-refractivity contribution is 14.0. The number of benzene rings is 2. The fourth-order valence-corrected chi connectivity index (χ4v) is 3.90. The SMILES string of the molecule is CN=C(NCc1ccccc1CN1CCCCC1C)Nc1ccc(OC)c(OC)c1.I. The molecule has 1 heterocycles. The lowest BCUT2D eigenvalue weighted by molar-refractivity contribution is 0.152. The second-order valence-corrected chi connectivity index (χ2v) is 7.70. The molecule has 1 unspecified atom stereocenters. The van der Waals surface area contributed by atoms with Crippen molar-refractivity contribution < 1.29 is 9.47 Å². The van der Waals surface area contributed by atoms with Gasteiger partial charge in [-0.25, -0.2) is 0 Å². The summed E-state index contributed by atoms with van der Waals surface area (Å²) in [6.45, 7) is 5.24. The van der Waals surface area contributed by atoms with E-state index in [9.17, 15) is 0 Å². The molecule has 1 atom stereocenters. The van der Waals surface area contributed by atoms with E-state index in [-0.39, 0.29) is 24.0 Å². The number of nitrogens with one attached hydrogen (secondary N) is 2. The van der Waals surface area contributed by atoms with Gasteiger partial charge in [0.15, 0.2) is 17.5 Å². The van der Waals surface area contributed by atoms with E-state index in [2.05, 4.69) is 51.7 Å². The number of rotatable bonds is 7. The minimum atomic E-state index is 0. The molecule has 2 N–H and O–H groups in total. The average Bonchev–Trinajstić information content (AvgIpc) is 2.78. The number of ether oxygens (including phenoxy) is 2. The van der Waals surface area contributed by atoms with Crippen LogP contribution in [0.1, 0.15) is 37.3 Å². The largest absolute Gasteiger partial charge is 0.493 e. The third kappa shape index (κ3) is 7.00. The number of likely N-dealkylation sites (tertiary alicyclic amines) is 1. The van der Waals surface area contributed by atoms with Crippen molar-refractivity contribution in [3.8, 4) is 11.5 Å². The second kappa shape index (κ2) is 12.8. The van der Waals surface area contributed by atoms with Crippen molar-refractivity contribution in [3.05, 3.63) is 53.6 Å². The number of halogens is 1. The summed E-state index contributed by atoms with van der Waals surface area (Å²) in [6.07, 6.45) is 3.94. The number of aliphatic imine (C=N–C) groups is 1. The molecular formula is C24H35IN4O2. The first-order chi connectivity index (χ1) is 14.6. The highest BCUT2D eigenvalue weighted by Gasteiger charge is 2.19. The van der Waals surface area contributed by atoms with Crippen molar-refractivity contribution in [2.75, 3.05) is 33.1 Å². The van der Waals surface area contributed by atoms with E-state index < -0.39 is 0 Å². The van der Waals surface area contributed by atoms with Gasteiger partial charge in [0.1, 0.15) is 0 Å². The first-order valence-electron chi connectivity index (χ1n) is 10.6. The van der Waals surface area contributed by atoms with Gasteiger partial charge >= 0.3 is 0 Å². The summed E-state index contributed by atoms with van der Waals surface area (Å²) in [5.41, 5.74) is 3.56. The summed E-state index contributed by atoms with van der Waals surface area (Å²) in [5, 5.41) is 6.76. The molecule has 1 aliphatic rings. The molecule has 1 saturated heterocycles. The van der Waals surface area contributed by atoms with Crippen LogP contribution in [0.3, 0.4) is 0 Å². The molecule has 0 bridgehead atoms. The third-order valence-electron chi connectivity index (χ3n) is 5.75. The highest BCUT2D eigenvalue weighted by atomic mass is 127. The second-order valence-electron chi connectivity index (χ2n) is 7.70. The molecule has 1 aliphatic heterocycles. The lowest BCUT2D eigenvalue weighted by atomic mass is 10.0. The molecule has 0 aromatic heterocycles. The smallest absolute Gasteiger partial charge is 0.195 e. The van der Waals surface area contributed by atoms with Gasteiger partial charge in [-0.15, -0.1) is 24.0 Å². The molecular weight excluding hydrogens is 503 g/mol. The quantitative estimate of drug-likeness (QED) is 0.299. The van der Waals surface area contributed by atoms with Gasteiger partial charge in [-0.1, -0.05) is 30.7 Å². The van der Waals surface area contributed by atoms with E-state index in [1.807, 2.05) is 18.2 Å². The molecule has 170 valence electrons. The van der Waals surface area contributed by atoms with Crippen LogP contribution in [0.5, 0.6) is 11.5 Å². The van der Waals surface area contributed by atoms with Gasteiger partial charge in [0.2, 0.25) is 0 Å². The Kier molecular flexibility index (Phi) is 10.4. The van der Waals surface area contributed by atoms with Gasteiger partial charge < -0.3 is 20.1 Å². The van der Waals surface area contributed by atoms with Gasteiger partial charge in [0.05, 0.1) is 14.2 Å². The first-order valence-corrected chi connectivity index (χ1v) is 10.6. The zero-order valence-corrected chi connectivity index (χ0v) is 21.3. The Labute approximate surface area is 203 Å². The van der Waals surface area contributed by atoms with Gasteiger partial charge in [0.25, 0.3) is 0 Å². The summed E-state index contributed by atoms with van der Waals surface area (Å²) in [7, 11) is 5.04. The topological polar surface area (TPSA) is 58.1 Å². The van der Waals surface area contributed by atoms with Crippen molar-refractivity contribution >= 4 is 35.6 Å². The van der Waals surface area contributed by atoms with E-state index in [1.54, 1.807) is 21.3 Å². The Morgan fingerprint density at radius 2 is 1.81 bits per heavy atom. The number of anilines is 1. The number of hydrogen-bond acceptors (Lipinski definition) is 4. The zero-order valence-electron chi connectivity index (χ0n) is 19.0. The molecule has 0 amide bonds. The molecule has 3 rings (SSSR count). The molecule has 0 aliphatic carbocycles. The Bertz CT molecular complexity index is 859. The number of nitrogens with zero attached hydrogens (tertiary/aromatic N) is 2.